The molecule has 0 unspecified atom stereocenters. The maximum atomic E-state index is 5.28. The number of fused-ring (bicyclic) bond motifs is 1. The molecule has 0 aliphatic carbocycles. The van der Waals surface area contributed by atoms with Gasteiger partial charge in [-0.25, -0.2) is 4.98 Å². The van der Waals surface area contributed by atoms with E-state index >= 15 is 0 Å². The molecule has 2 aliphatic heterocycles. The van der Waals surface area contributed by atoms with Gasteiger partial charge in [0.25, 0.3) is 0 Å². The van der Waals surface area contributed by atoms with Gasteiger partial charge in [-0.2, -0.15) is 0 Å². The van der Waals surface area contributed by atoms with Gasteiger partial charge in [0, 0.05) is 24.8 Å². The number of nitrogens with one attached hydrogen (secondary N) is 2. The lowest BCUT2D eigenvalue weighted by Crippen LogP contribution is -2.53. The zero-order chi connectivity index (χ0) is 13.4. The Morgan fingerprint density at radius 1 is 1.25 bits per heavy atom. The second kappa shape index (κ2) is 5.07. The van der Waals surface area contributed by atoms with E-state index in [1.807, 2.05) is 0 Å². The summed E-state index contributed by atoms with van der Waals surface area (Å²) in [5, 5.41) is 3.65. The molecular formula is C15H20N4O. The van der Waals surface area contributed by atoms with Crippen molar-refractivity contribution >= 4 is 16.7 Å². The summed E-state index contributed by atoms with van der Waals surface area (Å²) < 4.78 is 5.28. The number of likely N-dealkylation sites (tertiary alicyclic amines) is 1. The number of H-pyrrole nitrogens is 1. The molecule has 2 saturated heterocycles. The minimum atomic E-state index is 0.573. The average molecular weight is 272 g/mol. The smallest absolute Gasteiger partial charge is 0.0931 e. The first-order valence-corrected chi connectivity index (χ1v) is 7.40. The number of aromatic nitrogens is 2. The molecule has 5 heteroatoms. The predicted molar refractivity (Wildman–Crippen MR) is 78.9 cm³/mol. The van der Waals surface area contributed by atoms with E-state index in [1.54, 1.807) is 6.33 Å². The van der Waals surface area contributed by atoms with Crippen molar-refractivity contribution in [1.82, 2.24) is 14.9 Å². The summed E-state index contributed by atoms with van der Waals surface area (Å²) in [6.45, 7) is 4.20. The molecule has 4 rings (SSSR count). The summed E-state index contributed by atoms with van der Waals surface area (Å²) in [5.41, 5.74) is 3.30. The molecule has 2 N–H and O–H groups in total. The molecule has 3 heterocycles. The van der Waals surface area contributed by atoms with E-state index in [0.29, 0.717) is 12.1 Å². The number of piperidine rings is 1. The van der Waals surface area contributed by atoms with Crippen LogP contribution in [-0.2, 0) is 4.74 Å². The van der Waals surface area contributed by atoms with Gasteiger partial charge >= 0.3 is 0 Å². The summed E-state index contributed by atoms with van der Waals surface area (Å²) in [6.07, 6.45) is 4.15. The van der Waals surface area contributed by atoms with E-state index in [1.165, 1.54) is 31.6 Å². The number of benzene rings is 1. The van der Waals surface area contributed by atoms with Crippen molar-refractivity contribution < 1.29 is 4.74 Å². The molecule has 0 radical (unpaired) electrons. The van der Waals surface area contributed by atoms with Crippen molar-refractivity contribution in [3.8, 4) is 0 Å². The van der Waals surface area contributed by atoms with E-state index in [9.17, 15) is 0 Å². The van der Waals surface area contributed by atoms with Crippen molar-refractivity contribution in [1.29, 1.82) is 0 Å². The normalized spacial score (nSPS) is 22.0. The predicted octanol–water partition coefficient (Wildman–Crippen LogP) is 1.84. The highest BCUT2D eigenvalue weighted by atomic mass is 16.5. The molecule has 2 aromatic rings. The number of ether oxygens (including phenoxy) is 1. The lowest BCUT2D eigenvalue weighted by Gasteiger charge is -2.41. The van der Waals surface area contributed by atoms with E-state index in [0.717, 1.165) is 24.2 Å². The van der Waals surface area contributed by atoms with Gasteiger partial charge in [0.15, 0.2) is 0 Å². The van der Waals surface area contributed by atoms with Gasteiger partial charge in [0.1, 0.15) is 0 Å². The number of rotatable bonds is 3. The van der Waals surface area contributed by atoms with Crippen LogP contribution in [-0.4, -0.2) is 53.3 Å². The van der Waals surface area contributed by atoms with Crippen LogP contribution in [0.1, 0.15) is 12.8 Å². The first-order chi connectivity index (χ1) is 9.88. The molecular weight excluding hydrogens is 252 g/mol. The van der Waals surface area contributed by atoms with Gasteiger partial charge in [0.2, 0.25) is 0 Å². The van der Waals surface area contributed by atoms with Crippen LogP contribution in [0.25, 0.3) is 11.0 Å². The van der Waals surface area contributed by atoms with Gasteiger partial charge in [0.05, 0.1) is 36.6 Å². The molecule has 5 nitrogen and oxygen atoms in total. The van der Waals surface area contributed by atoms with Crippen molar-refractivity contribution in [2.75, 3.05) is 31.6 Å². The molecule has 20 heavy (non-hydrogen) atoms. The van der Waals surface area contributed by atoms with E-state index in [2.05, 4.69) is 38.4 Å². The average Bonchev–Trinajstić information content (AvgIpc) is 2.86. The van der Waals surface area contributed by atoms with Crippen LogP contribution in [0.2, 0.25) is 0 Å². The highest BCUT2D eigenvalue weighted by Crippen LogP contribution is 2.22. The Bertz CT molecular complexity index is 584. The number of hydrogen-bond donors (Lipinski definition) is 2. The Morgan fingerprint density at radius 2 is 2.10 bits per heavy atom. The highest BCUT2D eigenvalue weighted by Gasteiger charge is 2.29. The minimum Gasteiger partial charge on any atom is -0.382 e. The molecule has 1 aromatic carbocycles. The van der Waals surface area contributed by atoms with Gasteiger partial charge < -0.3 is 15.0 Å². The van der Waals surface area contributed by atoms with Crippen molar-refractivity contribution in [2.45, 2.75) is 24.9 Å². The maximum absolute atomic E-state index is 5.28. The van der Waals surface area contributed by atoms with Crippen LogP contribution in [0.15, 0.2) is 24.5 Å². The largest absolute Gasteiger partial charge is 0.382 e. The summed E-state index contributed by atoms with van der Waals surface area (Å²) in [7, 11) is 0. The quantitative estimate of drug-likeness (QED) is 0.895. The molecule has 0 bridgehead atoms. The zero-order valence-electron chi connectivity index (χ0n) is 11.5. The van der Waals surface area contributed by atoms with Crippen molar-refractivity contribution in [3.05, 3.63) is 24.5 Å². The van der Waals surface area contributed by atoms with Crippen LogP contribution >= 0.6 is 0 Å². The first-order valence-electron chi connectivity index (χ1n) is 7.40. The molecule has 2 fully saturated rings. The monoisotopic (exact) mass is 272 g/mol. The van der Waals surface area contributed by atoms with E-state index in [-0.39, 0.29) is 0 Å². The molecule has 0 spiro atoms. The van der Waals surface area contributed by atoms with Gasteiger partial charge in [-0.3, -0.25) is 4.90 Å². The summed E-state index contributed by atoms with van der Waals surface area (Å²) in [6, 6.07) is 7.59. The topological polar surface area (TPSA) is 53.2 Å². The second-order valence-corrected chi connectivity index (χ2v) is 5.78. The van der Waals surface area contributed by atoms with Gasteiger partial charge in [-0.05, 0) is 31.0 Å². The molecule has 2 aliphatic rings. The van der Waals surface area contributed by atoms with Gasteiger partial charge in [-0.1, -0.05) is 0 Å². The summed E-state index contributed by atoms with van der Waals surface area (Å²) in [5.74, 6) is 0. The number of anilines is 1. The SMILES string of the molecule is c1nc2cc(NC3CCN(C4COC4)CC3)ccc2[nH]1. The van der Waals surface area contributed by atoms with Crippen LogP contribution in [0.5, 0.6) is 0 Å². The fourth-order valence-corrected chi connectivity index (χ4v) is 3.10. The number of hydrogen-bond acceptors (Lipinski definition) is 4. The molecule has 106 valence electrons. The third-order valence-corrected chi connectivity index (χ3v) is 4.46. The number of nitrogens with zero attached hydrogens (tertiary/aromatic N) is 2. The van der Waals surface area contributed by atoms with Crippen LogP contribution in [0.4, 0.5) is 5.69 Å². The standard InChI is InChI=1S/C15H20N4O/c1-2-14-15(17-10-16-14)7-12(1)18-11-3-5-19(6-4-11)13-8-20-9-13/h1-2,7,10-11,13,18H,3-6,8-9H2,(H,16,17). The minimum absolute atomic E-state index is 0.573. The third kappa shape index (κ3) is 2.27. The number of aromatic amines is 1. The summed E-state index contributed by atoms with van der Waals surface area (Å²) >= 11 is 0. The Labute approximate surface area is 118 Å². The molecule has 1 aromatic heterocycles. The third-order valence-electron chi connectivity index (χ3n) is 4.46. The first kappa shape index (κ1) is 12.2. The fraction of sp³-hybridized carbons (Fsp3) is 0.533. The maximum Gasteiger partial charge on any atom is 0.0931 e. The second-order valence-electron chi connectivity index (χ2n) is 5.78. The Kier molecular flexibility index (Phi) is 3.09. The molecule has 0 atom stereocenters. The van der Waals surface area contributed by atoms with Crippen molar-refractivity contribution in [3.63, 3.8) is 0 Å². The Balaban J connectivity index is 1.37. The van der Waals surface area contributed by atoms with Crippen molar-refractivity contribution in [2.24, 2.45) is 0 Å². The fourth-order valence-electron chi connectivity index (χ4n) is 3.10. The number of imidazole rings is 1. The van der Waals surface area contributed by atoms with Crippen LogP contribution in [0.3, 0.4) is 0 Å². The van der Waals surface area contributed by atoms with Crippen LogP contribution < -0.4 is 5.32 Å². The van der Waals surface area contributed by atoms with E-state index < -0.39 is 0 Å². The highest BCUT2D eigenvalue weighted by molar-refractivity contribution is 5.78. The van der Waals surface area contributed by atoms with Gasteiger partial charge in [-0.15, -0.1) is 0 Å². The lowest BCUT2D eigenvalue weighted by molar-refractivity contribution is -0.0705. The molecule has 0 amide bonds. The molecule has 0 saturated carbocycles. The van der Waals surface area contributed by atoms with Crippen LogP contribution in [0, 0.1) is 0 Å². The lowest BCUT2D eigenvalue weighted by atomic mass is 10.0. The Morgan fingerprint density at radius 3 is 2.85 bits per heavy atom. The van der Waals surface area contributed by atoms with E-state index in [4.69, 9.17) is 4.74 Å². The Hall–Kier alpha value is -1.59. The summed E-state index contributed by atoms with van der Waals surface area (Å²) in [4.78, 5) is 10.0. The zero-order valence-corrected chi connectivity index (χ0v) is 11.5.